The number of piperidine rings is 1. The SMILES string of the molecule is Cc1cc(Nc2nc(NC3CC(N4CCCCC4)C3)c3c(ccn3-c3cnn(C)c3)n2)sn1. The molecule has 1 aliphatic heterocycles. The minimum Gasteiger partial charge on any atom is -0.365 e. The Bertz CT molecular complexity index is 1260. The van der Waals surface area contributed by atoms with Gasteiger partial charge in [0.05, 0.1) is 23.1 Å². The number of hydrogen-bond acceptors (Lipinski definition) is 8. The van der Waals surface area contributed by atoms with Gasteiger partial charge in [0.25, 0.3) is 0 Å². The van der Waals surface area contributed by atoms with Crippen LogP contribution in [0.1, 0.15) is 37.8 Å². The zero-order valence-electron chi connectivity index (χ0n) is 19.0. The van der Waals surface area contributed by atoms with Gasteiger partial charge in [-0.05, 0) is 69.4 Å². The topological polar surface area (TPSA) is 88.7 Å². The van der Waals surface area contributed by atoms with Crippen molar-refractivity contribution in [2.45, 2.75) is 51.1 Å². The average Bonchev–Trinajstić information content (AvgIpc) is 3.51. The Hall–Kier alpha value is -2.98. The Balaban J connectivity index is 1.30. The predicted octanol–water partition coefficient (Wildman–Crippen LogP) is 4.09. The van der Waals surface area contributed by atoms with E-state index >= 15 is 0 Å². The summed E-state index contributed by atoms with van der Waals surface area (Å²) in [6, 6.07) is 5.17. The summed E-state index contributed by atoms with van der Waals surface area (Å²) in [7, 11) is 1.93. The second kappa shape index (κ2) is 8.42. The molecular formula is C23H29N9S. The normalized spacial score (nSPS) is 21.3. The van der Waals surface area contributed by atoms with E-state index in [0.29, 0.717) is 18.0 Å². The monoisotopic (exact) mass is 463 g/mol. The average molecular weight is 464 g/mol. The molecule has 6 rings (SSSR count). The number of anilines is 3. The summed E-state index contributed by atoms with van der Waals surface area (Å²) in [5.41, 5.74) is 3.86. The third-order valence-electron chi connectivity index (χ3n) is 6.73. The number of nitrogens with one attached hydrogen (secondary N) is 2. The van der Waals surface area contributed by atoms with E-state index in [1.807, 2.05) is 49.4 Å². The van der Waals surface area contributed by atoms with E-state index in [4.69, 9.17) is 9.97 Å². The van der Waals surface area contributed by atoms with E-state index < -0.39 is 0 Å². The third-order valence-corrected chi connectivity index (χ3v) is 7.52. The van der Waals surface area contributed by atoms with Crippen LogP contribution in [0.3, 0.4) is 0 Å². The third kappa shape index (κ3) is 4.08. The molecule has 2 N–H and O–H groups in total. The maximum absolute atomic E-state index is 4.91. The van der Waals surface area contributed by atoms with Gasteiger partial charge in [0, 0.05) is 31.5 Å². The van der Waals surface area contributed by atoms with Crippen LogP contribution in [0.2, 0.25) is 0 Å². The second-order valence-corrected chi connectivity index (χ2v) is 10.0. The lowest BCUT2D eigenvalue weighted by Gasteiger charge is -2.45. The quantitative estimate of drug-likeness (QED) is 0.445. The summed E-state index contributed by atoms with van der Waals surface area (Å²) in [5.74, 6) is 1.45. The molecular weight excluding hydrogens is 434 g/mol. The lowest BCUT2D eigenvalue weighted by atomic mass is 9.84. The molecule has 9 nitrogen and oxygen atoms in total. The lowest BCUT2D eigenvalue weighted by Crippen LogP contribution is -2.51. The van der Waals surface area contributed by atoms with Crippen LogP contribution in [0.5, 0.6) is 0 Å². The number of aryl methyl sites for hydroxylation is 2. The first-order valence-corrected chi connectivity index (χ1v) is 12.5. The minimum atomic E-state index is 0.422. The molecule has 0 amide bonds. The number of aromatic nitrogens is 6. The summed E-state index contributed by atoms with van der Waals surface area (Å²) in [6.07, 6.45) is 12.3. The van der Waals surface area contributed by atoms with Gasteiger partial charge in [-0.3, -0.25) is 4.68 Å². The van der Waals surface area contributed by atoms with Gasteiger partial charge in [-0.2, -0.15) is 14.5 Å². The van der Waals surface area contributed by atoms with E-state index in [2.05, 4.69) is 29.6 Å². The predicted molar refractivity (Wildman–Crippen MR) is 132 cm³/mol. The molecule has 33 heavy (non-hydrogen) atoms. The standard InChI is InChI=1S/C23H29N9S/c1-15-10-20(33-29-15)27-23-26-19-6-9-32(18-13-24-30(2)14-18)21(19)22(28-23)25-16-11-17(12-16)31-7-4-3-5-8-31/h6,9-10,13-14,16-17H,3-5,7-8,11-12H2,1-2H3,(H2,25,26,27,28). The summed E-state index contributed by atoms with van der Waals surface area (Å²) < 4.78 is 8.29. The second-order valence-electron chi connectivity index (χ2n) is 9.21. The van der Waals surface area contributed by atoms with E-state index in [1.165, 1.54) is 43.9 Å². The highest BCUT2D eigenvalue weighted by Gasteiger charge is 2.34. The van der Waals surface area contributed by atoms with Crippen LogP contribution in [0.4, 0.5) is 16.8 Å². The molecule has 5 heterocycles. The van der Waals surface area contributed by atoms with Crippen molar-refractivity contribution in [3.63, 3.8) is 0 Å². The van der Waals surface area contributed by atoms with Crippen LogP contribution in [0.25, 0.3) is 16.7 Å². The van der Waals surface area contributed by atoms with Crippen LogP contribution < -0.4 is 10.6 Å². The highest BCUT2D eigenvalue weighted by atomic mass is 32.1. The Morgan fingerprint density at radius 2 is 1.97 bits per heavy atom. The first kappa shape index (κ1) is 20.6. The maximum atomic E-state index is 4.91. The maximum Gasteiger partial charge on any atom is 0.230 e. The van der Waals surface area contributed by atoms with Crippen molar-refractivity contribution < 1.29 is 0 Å². The molecule has 1 saturated heterocycles. The largest absolute Gasteiger partial charge is 0.365 e. The molecule has 10 heteroatoms. The van der Waals surface area contributed by atoms with Crippen molar-refractivity contribution in [1.82, 2.24) is 33.6 Å². The molecule has 172 valence electrons. The van der Waals surface area contributed by atoms with Crippen LogP contribution in [-0.4, -0.2) is 58.8 Å². The summed E-state index contributed by atoms with van der Waals surface area (Å²) in [5, 5.41) is 12.4. The number of likely N-dealkylation sites (tertiary alicyclic amines) is 1. The molecule has 1 aliphatic carbocycles. The van der Waals surface area contributed by atoms with E-state index in [1.54, 1.807) is 0 Å². The number of fused-ring (bicyclic) bond motifs is 1. The zero-order chi connectivity index (χ0) is 22.4. The molecule has 0 atom stereocenters. The minimum absolute atomic E-state index is 0.422. The molecule has 4 aromatic rings. The Labute approximate surface area is 197 Å². The Kier molecular flexibility index (Phi) is 5.26. The first-order valence-electron chi connectivity index (χ1n) is 11.7. The van der Waals surface area contributed by atoms with Crippen LogP contribution in [-0.2, 0) is 7.05 Å². The fraction of sp³-hybridized carbons (Fsp3) is 0.478. The van der Waals surface area contributed by atoms with Crippen molar-refractivity contribution in [2.75, 3.05) is 23.7 Å². The van der Waals surface area contributed by atoms with Gasteiger partial charge >= 0.3 is 0 Å². The van der Waals surface area contributed by atoms with Gasteiger partial charge in [0.2, 0.25) is 5.95 Å². The van der Waals surface area contributed by atoms with Crippen molar-refractivity contribution >= 4 is 39.3 Å². The fourth-order valence-corrected chi connectivity index (χ4v) is 5.62. The fourth-order valence-electron chi connectivity index (χ4n) is 4.96. The van der Waals surface area contributed by atoms with Crippen LogP contribution >= 0.6 is 11.5 Å². The van der Waals surface area contributed by atoms with Crippen molar-refractivity contribution in [3.05, 3.63) is 36.4 Å². The molecule has 0 bridgehead atoms. The molecule has 0 aromatic carbocycles. The molecule has 0 spiro atoms. The Morgan fingerprint density at radius 3 is 2.70 bits per heavy atom. The molecule has 1 saturated carbocycles. The first-order chi connectivity index (χ1) is 16.1. The molecule has 2 fully saturated rings. The smallest absolute Gasteiger partial charge is 0.230 e. The van der Waals surface area contributed by atoms with Gasteiger partial charge in [-0.1, -0.05) is 6.42 Å². The highest BCUT2D eigenvalue weighted by molar-refractivity contribution is 7.10. The van der Waals surface area contributed by atoms with Gasteiger partial charge in [-0.15, -0.1) is 0 Å². The molecule has 0 unspecified atom stereocenters. The molecule has 2 aliphatic rings. The van der Waals surface area contributed by atoms with Crippen LogP contribution in [0.15, 0.2) is 30.7 Å². The summed E-state index contributed by atoms with van der Waals surface area (Å²) >= 11 is 1.42. The molecule has 4 aromatic heterocycles. The van der Waals surface area contributed by atoms with Gasteiger partial charge < -0.3 is 20.1 Å². The number of nitrogens with zero attached hydrogens (tertiary/aromatic N) is 7. The number of hydrogen-bond donors (Lipinski definition) is 2. The molecule has 0 radical (unpaired) electrons. The Morgan fingerprint density at radius 1 is 1.12 bits per heavy atom. The summed E-state index contributed by atoms with van der Waals surface area (Å²) in [4.78, 5) is 12.4. The van der Waals surface area contributed by atoms with Crippen molar-refractivity contribution in [3.8, 4) is 5.69 Å². The van der Waals surface area contributed by atoms with Crippen molar-refractivity contribution in [2.24, 2.45) is 7.05 Å². The van der Waals surface area contributed by atoms with Gasteiger partial charge in [0.15, 0.2) is 5.82 Å². The van der Waals surface area contributed by atoms with Gasteiger partial charge in [0.1, 0.15) is 10.5 Å². The zero-order valence-corrected chi connectivity index (χ0v) is 19.8. The van der Waals surface area contributed by atoms with Crippen LogP contribution in [0, 0.1) is 6.92 Å². The van der Waals surface area contributed by atoms with E-state index in [-0.39, 0.29) is 0 Å². The lowest BCUT2D eigenvalue weighted by molar-refractivity contribution is 0.0959. The number of rotatable bonds is 6. The summed E-state index contributed by atoms with van der Waals surface area (Å²) in [6.45, 7) is 4.49. The van der Waals surface area contributed by atoms with E-state index in [0.717, 1.165) is 46.1 Å². The van der Waals surface area contributed by atoms with Gasteiger partial charge in [-0.25, -0.2) is 4.98 Å². The highest BCUT2D eigenvalue weighted by Crippen LogP contribution is 2.34. The van der Waals surface area contributed by atoms with Crippen molar-refractivity contribution in [1.29, 1.82) is 0 Å². The van der Waals surface area contributed by atoms with E-state index in [9.17, 15) is 0 Å².